The van der Waals surface area contributed by atoms with Crippen LogP contribution in [0.3, 0.4) is 0 Å². The van der Waals surface area contributed by atoms with E-state index in [1.165, 1.54) is 6.92 Å². The first-order chi connectivity index (χ1) is 14.0. The number of hydrogen-bond acceptors (Lipinski definition) is 5. The molecule has 0 aromatic heterocycles. The van der Waals surface area contributed by atoms with Gasteiger partial charge in [0.05, 0.1) is 6.61 Å². The third kappa shape index (κ3) is 5.00. The van der Waals surface area contributed by atoms with Gasteiger partial charge in [-0.25, -0.2) is 0 Å². The lowest BCUT2D eigenvalue weighted by molar-refractivity contribution is -0.134. The van der Waals surface area contributed by atoms with Gasteiger partial charge in [0.1, 0.15) is 6.04 Å². The third-order valence-electron chi connectivity index (χ3n) is 5.05. The van der Waals surface area contributed by atoms with Crippen LogP contribution in [0.5, 0.6) is 0 Å². The Hall–Kier alpha value is -3.19. The molecule has 2 aromatic rings. The SMILES string of the molecule is CC(=O)c1ccc(N2CCN(C(=O)C(CO)NC(=O)c3ccccc3)CC2)cc1. The molecule has 7 heteroatoms. The number of anilines is 1. The first-order valence-corrected chi connectivity index (χ1v) is 9.61. The molecule has 3 rings (SSSR count). The number of amides is 2. The van der Waals surface area contributed by atoms with E-state index in [0.29, 0.717) is 37.3 Å². The molecule has 1 aliphatic rings. The van der Waals surface area contributed by atoms with Gasteiger partial charge in [-0.3, -0.25) is 14.4 Å². The molecule has 1 unspecified atom stereocenters. The maximum Gasteiger partial charge on any atom is 0.251 e. The monoisotopic (exact) mass is 395 g/mol. The first-order valence-electron chi connectivity index (χ1n) is 9.61. The number of nitrogens with zero attached hydrogens (tertiary/aromatic N) is 2. The van der Waals surface area contributed by atoms with Gasteiger partial charge in [-0.15, -0.1) is 0 Å². The highest BCUT2D eigenvalue weighted by atomic mass is 16.3. The molecule has 0 bridgehead atoms. The maximum atomic E-state index is 12.8. The fourth-order valence-corrected chi connectivity index (χ4v) is 3.33. The van der Waals surface area contributed by atoms with Crippen LogP contribution >= 0.6 is 0 Å². The molecule has 2 aromatic carbocycles. The maximum absolute atomic E-state index is 12.8. The third-order valence-corrected chi connectivity index (χ3v) is 5.05. The number of hydrogen-bond donors (Lipinski definition) is 2. The Morgan fingerprint density at radius 3 is 2.10 bits per heavy atom. The highest BCUT2D eigenvalue weighted by molar-refractivity contribution is 5.97. The van der Waals surface area contributed by atoms with E-state index >= 15 is 0 Å². The van der Waals surface area contributed by atoms with Crippen LogP contribution in [0.15, 0.2) is 54.6 Å². The zero-order valence-electron chi connectivity index (χ0n) is 16.4. The van der Waals surface area contributed by atoms with Crippen LogP contribution in [0.4, 0.5) is 5.69 Å². The van der Waals surface area contributed by atoms with E-state index < -0.39 is 12.6 Å². The van der Waals surface area contributed by atoms with Gasteiger partial charge in [-0.1, -0.05) is 18.2 Å². The topological polar surface area (TPSA) is 90.0 Å². The number of benzene rings is 2. The summed E-state index contributed by atoms with van der Waals surface area (Å²) in [6.07, 6.45) is 0. The molecule has 0 radical (unpaired) electrons. The van der Waals surface area contributed by atoms with Crippen LogP contribution in [0.25, 0.3) is 0 Å². The number of piperazine rings is 1. The molecule has 2 N–H and O–H groups in total. The molecule has 1 atom stereocenters. The van der Waals surface area contributed by atoms with E-state index in [4.69, 9.17) is 0 Å². The highest BCUT2D eigenvalue weighted by Crippen LogP contribution is 2.18. The molecule has 7 nitrogen and oxygen atoms in total. The number of nitrogens with one attached hydrogen (secondary N) is 1. The fraction of sp³-hybridized carbons (Fsp3) is 0.318. The van der Waals surface area contributed by atoms with E-state index in [2.05, 4.69) is 10.2 Å². The normalized spacial score (nSPS) is 15.0. The quantitative estimate of drug-likeness (QED) is 0.721. The van der Waals surface area contributed by atoms with Crippen LogP contribution in [0.2, 0.25) is 0 Å². The predicted octanol–water partition coefficient (Wildman–Crippen LogP) is 1.33. The van der Waals surface area contributed by atoms with Crippen molar-refractivity contribution in [2.45, 2.75) is 13.0 Å². The van der Waals surface area contributed by atoms with E-state index in [-0.39, 0.29) is 17.6 Å². The van der Waals surface area contributed by atoms with Gasteiger partial charge in [-0.05, 0) is 43.3 Å². The van der Waals surface area contributed by atoms with Gasteiger partial charge >= 0.3 is 0 Å². The highest BCUT2D eigenvalue weighted by Gasteiger charge is 2.28. The van der Waals surface area contributed by atoms with Gasteiger partial charge in [-0.2, -0.15) is 0 Å². The first kappa shape index (κ1) is 20.5. The van der Waals surface area contributed by atoms with Crippen LogP contribution in [-0.4, -0.2) is 66.4 Å². The lowest BCUT2D eigenvalue weighted by Crippen LogP contribution is -2.56. The van der Waals surface area contributed by atoms with Gasteiger partial charge in [0.2, 0.25) is 5.91 Å². The summed E-state index contributed by atoms with van der Waals surface area (Å²) >= 11 is 0. The Morgan fingerprint density at radius 2 is 1.55 bits per heavy atom. The second-order valence-corrected chi connectivity index (χ2v) is 6.99. The summed E-state index contributed by atoms with van der Waals surface area (Å²) < 4.78 is 0. The van der Waals surface area contributed by atoms with Crippen molar-refractivity contribution in [3.63, 3.8) is 0 Å². The summed E-state index contributed by atoms with van der Waals surface area (Å²) in [5.41, 5.74) is 2.11. The van der Waals surface area contributed by atoms with Gasteiger partial charge < -0.3 is 20.2 Å². The summed E-state index contributed by atoms with van der Waals surface area (Å²) in [6, 6.07) is 15.1. The molecular weight excluding hydrogens is 370 g/mol. The van der Waals surface area contributed by atoms with Crippen molar-refractivity contribution < 1.29 is 19.5 Å². The lowest BCUT2D eigenvalue weighted by atomic mass is 10.1. The second-order valence-electron chi connectivity index (χ2n) is 6.99. The summed E-state index contributed by atoms with van der Waals surface area (Å²) in [6.45, 7) is 3.33. The molecule has 1 aliphatic heterocycles. The van der Waals surface area contributed by atoms with Gasteiger partial charge in [0.15, 0.2) is 5.78 Å². The fourth-order valence-electron chi connectivity index (χ4n) is 3.33. The van der Waals surface area contributed by atoms with Crippen LogP contribution in [0.1, 0.15) is 27.6 Å². The van der Waals surface area contributed by atoms with E-state index in [1.54, 1.807) is 47.4 Å². The molecule has 1 saturated heterocycles. The number of Topliss-reactive ketones (excluding diaryl/α,β-unsaturated/α-hetero) is 1. The molecule has 152 valence electrons. The van der Waals surface area contributed by atoms with E-state index in [9.17, 15) is 19.5 Å². The average molecular weight is 395 g/mol. The predicted molar refractivity (Wildman–Crippen MR) is 110 cm³/mol. The average Bonchev–Trinajstić information content (AvgIpc) is 2.77. The zero-order valence-corrected chi connectivity index (χ0v) is 16.4. The van der Waals surface area contributed by atoms with Crippen molar-refractivity contribution in [3.05, 3.63) is 65.7 Å². The molecule has 1 heterocycles. The van der Waals surface area contributed by atoms with Crippen molar-refractivity contribution in [1.29, 1.82) is 0 Å². The molecule has 2 amide bonds. The van der Waals surface area contributed by atoms with E-state index in [1.807, 2.05) is 12.1 Å². The van der Waals surface area contributed by atoms with Crippen molar-refractivity contribution in [2.75, 3.05) is 37.7 Å². The number of ketones is 1. The van der Waals surface area contributed by atoms with Gasteiger partial charge in [0.25, 0.3) is 5.91 Å². The number of rotatable bonds is 6. The molecular formula is C22H25N3O4. The molecule has 1 fully saturated rings. The number of aliphatic hydroxyl groups excluding tert-OH is 1. The number of aliphatic hydroxyl groups is 1. The minimum atomic E-state index is -0.968. The summed E-state index contributed by atoms with van der Waals surface area (Å²) in [7, 11) is 0. The summed E-state index contributed by atoms with van der Waals surface area (Å²) in [5, 5.41) is 12.2. The Morgan fingerprint density at radius 1 is 0.931 bits per heavy atom. The Labute approximate surface area is 169 Å². The number of carbonyl (C=O) groups excluding carboxylic acids is 3. The minimum absolute atomic E-state index is 0.0274. The largest absolute Gasteiger partial charge is 0.394 e. The lowest BCUT2D eigenvalue weighted by Gasteiger charge is -2.37. The Balaban J connectivity index is 1.56. The summed E-state index contributed by atoms with van der Waals surface area (Å²) in [5.74, 6) is -0.648. The standard InChI is InChI=1S/C22H25N3O4/c1-16(27)17-7-9-19(10-8-17)24-11-13-25(14-12-24)22(29)20(15-26)23-21(28)18-5-3-2-4-6-18/h2-10,20,26H,11-15H2,1H3,(H,23,28). The van der Waals surface area contributed by atoms with Crippen molar-refractivity contribution >= 4 is 23.3 Å². The Kier molecular flexibility index (Phi) is 6.61. The summed E-state index contributed by atoms with van der Waals surface area (Å²) in [4.78, 5) is 40.2. The molecule has 0 spiro atoms. The molecule has 29 heavy (non-hydrogen) atoms. The second kappa shape index (κ2) is 9.34. The van der Waals surface area contributed by atoms with Crippen LogP contribution in [-0.2, 0) is 4.79 Å². The van der Waals surface area contributed by atoms with Crippen molar-refractivity contribution in [1.82, 2.24) is 10.2 Å². The van der Waals surface area contributed by atoms with E-state index in [0.717, 1.165) is 5.69 Å². The smallest absolute Gasteiger partial charge is 0.251 e. The van der Waals surface area contributed by atoms with Crippen LogP contribution in [0, 0.1) is 0 Å². The van der Waals surface area contributed by atoms with Crippen molar-refractivity contribution in [2.24, 2.45) is 0 Å². The van der Waals surface area contributed by atoms with Crippen molar-refractivity contribution in [3.8, 4) is 0 Å². The van der Waals surface area contributed by atoms with Gasteiger partial charge in [0, 0.05) is 43.0 Å². The number of carbonyl (C=O) groups is 3. The Bertz CT molecular complexity index is 859. The molecule has 0 aliphatic carbocycles. The molecule has 0 saturated carbocycles. The van der Waals surface area contributed by atoms with Crippen LogP contribution < -0.4 is 10.2 Å². The zero-order chi connectivity index (χ0) is 20.8. The minimum Gasteiger partial charge on any atom is -0.394 e.